The van der Waals surface area contributed by atoms with E-state index >= 15 is 0 Å². The first-order chi connectivity index (χ1) is 7.25. The first kappa shape index (κ1) is 10.8. The molecule has 0 bridgehead atoms. The highest BCUT2D eigenvalue weighted by atomic mass is 127. The van der Waals surface area contributed by atoms with Crippen molar-refractivity contribution in [3.63, 3.8) is 0 Å². The maximum absolute atomic E-state index is 4.20. The predicted octanol–water partition coefficient (Wildman–Crippen LogP) is 3.32. The fourth-order valence-electron chi connectivity index (χ4n) is 1.19. The first-order valence-electron chi connectivity index (χ1n) is 4.52. The lowest BCUT2D eigenvalue weighted by atomic mass is 10.2. The molecule has 0 aliphatic rings. The van der Waals surface area contributed by atoms with Crippen LogP contribution >= 0.6 is 33.9 Å². The number of anilines is 1. The zero-order valence-electron chi connectivity index (χ0n) is 8.14. The van der Waals surface area contributed by atoms with Crippen molar-refractivity contribution in [2.45, 2.75) is 13.0 Å². The second kappa shape index (κ2) is 4.89. The van der Waals surface area contributed by atoms with Gasteiger partial charge < -0.3 is 5.32 Å². The summed E-state index contributed by atoms with van der Waals surface area (Å²) in [7, 11) is 0. The normalized spacial score (nSPS) is 12.4. The minimum Gasteiger partial charge on any atom is -0.348 e. The average molecular weight is 331 g/mol. The monoisotopic (exact) mass is 331 g/mol. The molecule has 2 aromatic rings. The van der Waals surface area contributed by atoms with Crippen molar-refractivity contribution >= 4 is 39.9 Å². The molecular weight excluding hydrogens is 321 g/mol. The van der Waals surface area contributed by atoms with Crippen molar-refractivity contribution in [3.8, 4) is 0 Å². The van der Waals surface area contributed by atoms with Crippen molar-refractivity contribution in [2.24, 2.45) is 0 Å². The maximum Gasteiger partial charge on any atom is 0.223 e. The van der Waals surface area contributed by atoms with E-state index in [1.54, 1.807) is 23.7 Å². The number of aromatic nitrogens is 2. The Kier molecular flexibility index (Phi) is 3.53. The van der Waals surface area contributed by atoms with Crippen molar-refractivity contribution < 1.29 is 0 Å². The molecule has 78 valence electrons. The molecule has 0 amide bonds. The van der Waals surface area contributed by atoms with E-state index in [4.69, 9.17) is 0 Å². The van der Waals surface area contributed by atoms with E-state index in [1.807, 2.05) is 0 Å². The standard InChI is InChI=1S/C10H10IN3S/c1-7(8-2-3-15-6-8)14-10-12-4-9(11)5-13-10/h2-7H,1H3,(H,12,13,14). The van der Waals surface area contributed by atoms with Gasteiger partial charge in [0.1, 0.15) is 0 Å². The Morgan fingerprint density at radius 3 is 2.73 bits per heavy atom. The van der Waals surface area contributed by atoms with Gasteiger partial charge in [0.15, 0.2) is 0 Å². The lowest BCUT2D eigenvalue weighted by Crippen LogP contribution is -2.08. The van der Waals surface area contributed by atoms with Crippen LogP contribution in [0, 0.1) is 3.57 Å². The van der Waals surface area contributed by atoms with E-state index in [0.717, 1.165) is 3.57 Å². The van der Waals surface area contributed by atoms with Crippen LogP contribution in [0.2, 0.25) is 0 Å². The molecule has 0 saturated heterocycles. The molecule has 2 rings (SSSR count). The van der Waals surface area contributed by atoms with Gasteiger partial charge >= 0.3 is 0 Å². The lowest BCUT2D eigenvalue weighted by Gasteiger charge is -2.11. The summed E-state index contributed by atoms with van der Waals surface area (Å²) in [6.07, 6.45) is 3.60. The summed E-state index contributed by atoms with van der Waals surface area (Å²) in [6, 6.07) is 2.35. The van der Waals surface area contributed by atoms with Crippen LogP contribution in [0.3, 0.4) is 0 Å². The van der Waals surface area contributed by atoms with Crippen molar-refractivity contribution in [1.82, 2.24) is 9.97 Å². The topological polar surface area (TPSA) is 37.8 Å². The smallest absolute Gasteiger partial charge is 0.223 e. The number of nitrogens with zero attached hydrogens (tertiary/aromatic N) is 2. The maximum atomic E-state index is 4.20. The summed E-state index contributed by atoms with van der Waals surface area (Å²) in [4.78, 5) is 8.40. The fraction of sp³-hybridized carbons (Fsp3) is 0.200. The Morgan fingerprint density at radius 2 is 2.13 bits per heavy atom. The van der Waals surface area contributed by atoms with Gasteiger partial charge in [-0.3, -0.25) is 0 Å². The van der Waals surface area contributed by atoms with Crippen molar-refractivity contribution in [2.75, 3.05) is 5.32 Å². The third kappa shape index (κ3) is 2.88. The quantitative estimate of drug-likeness (QED) is 0.877. The highest BCUT2D eigenvalue weighted by Crippen LogP contribution is 2.18. The minimum absolute atomic E-state index is 0.247. The van der Waals surface area contributed by atoms with Crippen LogP contribution in [0.1, 0.15) is 18.5 Å². The minimum atomic E-state index is 0.247. The Bertz CT molecular complexity index is 413. The van der Waals surface area contributed by atoms with Crippen LogP contribution in [0.4, 0.5) is 5.95 Å². The zero-order valence-corrected chi connectivity index (χ0v) is 11.1. The van der Waals surface area contributed by atoms with Crippen LogP contribution in [-0.4, -0.2) is 9.97 Å². The molecule has 1 unspecified atom stereocenters. The summed E-state index contributed by atoms with van der Waals surface area (Å²) in [6.45, 7) is 2.10. The van der Waals surface area contributed by atoms with Crippen LogP contribution < -0.4 is 5.32 Å². The van der Waals surface area contributed by atoms with Crippen LogP contribution in [0.5, 0.6) is 0 Å². The molecular formula is C10H10IN3S. The van der Waals surface area contributed by atoms with Gasteiger partial charge in [-0.2, -0.15) is 11.3 Å². The van der Waals surface area contributed by atoms with Gasteiger partial charge in [0.05, 0.1) is 6.04 Å². The molecule has 0 aliphatic carbocycles. The Morgan fingerprint density at radius 1 is 1.40 bits per heavy atom. The summed E-state index contributed by atoms with van der Waals surface area (Å²) in [5.74, 6) is 0.675. The molecule has 2 heterocycles. The number of nitrogens with one attached hydrogen (secondary N) is 1. The van der Waals surface area contributed by atoms with Crippen LogP contribution in [0.15, 0.2) is 29.2 Å². The summed E-state index contributed by atoms with van der Waals surface area (Å²) in [5, 5.41) is 7.45. The third-order valence-electron chi connectivity index (χ3n) is 2.01. The van der Waals surface area contributed by atoms with E-state index < -0.39 is 0 Å². The molecule has 0 aromatic carbocycles. The molecule has 1 atom stereocenters. The molecule has 15 heavy (non-hydrogen) atoms. The molecule has 3 nitrogen and oxygen atoms in total. The average Bonchev–Trinajstić information content (AvgIpc) is 2.74. The highest BCUT2D eigenvalue weighted by Gasteiger charge is 2.06. The zero-order chi connectivity index (χ0) is 10.7. The molecule has 0 saturated carbocycles. The summed E-state index contributed by atoms with van der Waals surface area (Å²) in [5.41, 5.74) is 1.27. The molecule has 2 aromatic heterocycles. The first-order valence-corrected chi connectivity index (χ1v) is 6.54. The highest BCUT2D eigenvalue weighted by molar-refractivity contribution is 14.1. The number of hydrogen-bond acceptors (Lipinski definition) is 4. The van der Waals surface area contributed by atoms with Crippen LogP contribution in [0.25, 0.3) is 0 Å². The van der Waals surface area contributed by atoms with Crippen LogP contribution in [-0.2, 0) is 0 Å². The molecule has 0 fully saturated rings. The van der Waals surface area contributed by atoms with Gasteiger partial charge in [0.25, 0.3) is 0 Å². The van der Waals surface area contributed by atoms with Crippen molar-refractivity contribution in [1.29, 1.82) is 0 Å². The molecule has 0 aliphatic heterocycles. The molecule has 0 radical (unpaired) electrons. The van der Waals surface area contributed by atoms with Gasteiger partial charge in [0.2, 0.25) is 5.95 Å². The van der Waals surface area contributed by atoms with Gasteiger partial charge in [-0.25, -0.2) is 9.97 Å². The van der Waals surface area contributed by atoms with Gasteiger partial charge in [0, 0.05) is 16.0 Å². The molecule has 5 heteroatoms. The van der Waals surface area contributed by atoms with E-state index in [-0.39, 0.29) is 6.04 Å². The van der Waals surface area contributed by atoms with E-state index in [2.05, 4.69) is 61.6 Å². The van der Waals surface area contributed by atoms with Crippen molar-refractivity contribution in [3.05, 3.63) is 38.4 Å². The predicted molar refractivity (Wildman–Crippen MR) is 71.1 cm³/mol. The Hall–Kier alpha value is -0.690. The van der Waals surface area contributed by atoms with E-state index in [0.29, 0.717) is 5.95 Å². The number of rotatable bonds is 3. The summed E-state index contributed by atoms with van der Waals surface area (Å²) < 4.78 is 1.04. The van der Waals surface area contributed by atoms with Gasteiger partial charge in [-0.15, -0.1) is 0 Å². The largest absolute Gasteiger partial charge is 0.348 e. The van der Waals surface area contributed by atoms with Gasteiger partial charge in [-0.05, 0) is 51.9 Å². The second-order valence-electron chi connectivity index (χ2n) is 3.15. The van der Waals surface area contributed by atoms with E-state index in [9.17, 15) is 0 Å². The fourth-order valence-corrected chi connectivity index (χ4v) is 2.22. The molecule has 1 N–H and O–H groups in total. The lowest BCUT2D eigenvalue weighted by molar-refractivity contribution is 0.864. The third-order valence-corrected chi connectivity index (χ3v) is 3.27. The SMILES string of the molecule is CC(Nc1ncc(I)cn1)c1ccsc1. The summed E-state index contributed by atoms with van der Waals surface area (Å²) >= 11 is 3.89. The van der Waals surface area contributed by atoms with Gasteiger partial charge in [-0.1, -0.05) is 0 Å². The Balaban J connectivity index is 2.06. The second-order valence-corrected chi connectivity index (χ2v) is 5.17. The molecule has 0 spiro atoms. The number of hydrogen-bond donors (Lipinski definition) is 1. The number of halogens is 1. The Labute approximate surface area is 106 Å². The van der Waals surface area contributed by atoms with E-state index in [1.165, 1.54) is 5.56 Å². The number of thiophene rings is 1.